The van der Waals surface area contributed by atoms with Gasteiger partial charge >= 0.3 is 0 Å². The minimum atomic E-state index is 0. The number of thiazole rings is 1. The normalized spacial score (nSPS) is 11.2. The Morgan fingerprint density at radius 1 is 1.14 bits per heavy atom. The molecule has 0 bridgehead atoms. The fourth-order valence-corrected chi connectivity index (χ4v) is 3.49. The second-order valence-corrected chi connectivity index (χ2v) is 7.56. The Labute approximate surface area is 193 Å². The molecule has 2 N–H and O–H groups in total. The van der Waals surface area contributed by atoms with Crippen LogP contribution in [-0.4, -0.2) is 29.0 Å². The highest BCUT2D eigenvalue weighted by Gasteiger charge is 2.07. The molecule has 3 aromatic rings. The van der Waals surface area contributed by atoms with Crippen molar-refractivity contribution in [2.24, 2.45) is 4.99 Å². The number of hydrogen-bond acceptors (Lipinski definition) is 5. The fourth-order valence-electron chi connectivity index (χ4n) is 2.67. The Hall–Kier alpha value is -1.94. The van der Waals surface area contributed by atoms with E-state index in [1.807, 2.05) is 19.1 Å². The van der Waals surface area contributed by atoms with Crippen LogP contribution in [0.2, 0.25) is 0 Å². The van der Waals surface area contributed by atoms with Gasteiger partial charge in [0.1, 0.15) is 12.0 Å². The summed E-state index contributed by atoms with van der Waals surface area (Å²) in [4.78, 5) is 13.7. The van der Waals surface area contributed by atoms with Gasteiger partial charge in [-0.25, -0.2) is 15.0 Å². The van der Waals surface area contributed by atoms with E-state index >= 15 is 0 Å². The third kappa shape index (κ3) is 7.43. The van der Waals surface area contributed by atoms with Gasteiger partial charge in [0.2, 0.25) is 5.89 Å². The molecule has 0 fully saturated rings. The summed E-state index contributed by atoms with van der Waals surface area (Å²) in [7, 11) is 0. The third-order valence-electron chi connectivity index (χ3n) is 4.12. The van der Waals surface area contributed by atoms with Gasteiger partial charge in [-0.2, -0.15) is 0 Å². The average molecular weight is 525 g/mol. The first kappa shape index (κ1) is 23.3. The van der Waals surface area contributed by atoms with Crippen molar-refractivity contribution < 1.29 is 4.42 Å². The predicted octanol–water partition coefficient (Wildman–Crippen LogP) is 4.72. The van der Waals surface area contributed by atoms with Gasteiger partial charge in [0, 0.05) is 36.1 Å². The van der Waals surface area contributed by atoms with Crippen LogP contribution in [0.4, 0.5) is 0 Å². The predicted molar refractivity (Wildman–Crippen MR) is 130 cm³/mol. The summed E-state index contributed by atoms with van der Waals surface area (Å²) in [5, 5.41) is 9.92. The van der Waals surface area contributed by atoms with Crippen molar-refractivity contribution in [2.45, 2.75) is 40.2 Å². The maximum atomic E-state index is 5.61. The van der Waals surface area contributed by atoms with E-state index in [1.165, 1.54) is 10.6 Å². The van der Waals surface area contributed by atoms with E-state index in [0.29, 0.717) is 12.4 Å². The Morgan fingerprint density at radius 3 is 2.62 bits per heavy atom. The van der Waals surface area contributed by atoms with Crippen molar-refractivity contribution in [3.05, 3.63) is 57.9 Å². The number of rotatable bonds is 8. The van der Waals surface area contributed by atoms with Crippen LogP contribution >= 0.6 is 35.3 Å². The number of guanidine groups is 1. The van der Waals surface area contributed by atoms with Gasteiger partial charge < -0.3 is 15.1 Å². The van der Waals surface area contributed by atoms with Gasteiger partial charge in [-0.15, -0.1) is 35.3 Å². The van der Waals surface area contributed by atoms with Crippen molar-refractivity contribution in [2.75, 3.05) is 13.1 Å². The molecule has 6 nitrogen and oxygen atoms in total. The summed E-state index contributed by atoms with van der Waals surface area (Å²) < 4.78 is 5.61. The second-order valence-electron chi connectivity index (χ2n) is 6.62. The number of halogens is 1. The topological polar surface area (TPSA) is 75.3 Å². The van der Waals surface area contributed by atoms with Crippen LogP contribution in [0, 0.1) is 13.8 Å². The minimum absolute atomic E-state index is 0. The lowest BCUT2D eigenvalue weighted by Gasteiger charge is -2.10. The first-order valence-electron chi connectivity index (χ1n) is 9.58. The maximum Gasteiger partial charge on any atom is 0.226 e. The number of aliphatic imine (C=N–C) groups is 1. The lowest BCUT2D eigenvalue weighted by atomic mass is 10.1. The van der Waals surface area contributed by atoms with E-state index < -0.39 is 0 Å². The van der Waals surface area contributed by atoms with Crippen molar-refractivity contribution in [1.82, 2.24) is 20.6 Å². The van der Waals surface area contributed by atoms with Crippen molar-refractivity contribution in [1.29, 1.82) is 0 Å². The zero-order valence-electron chi connectivity index (χ0n) is 17.1. The molecule has 29 heavy (non-hydrogen) atoms. The quantitative estimate of drug-likeness (QED) is 0.193. The molecule has 2 heterocycles. The molecule has 2 aromatic heterocycles. The molecule has 0 amide bonds. The third-order valence-corrected chi connectivity index (χ3v) is 5.15. The summed E-state index contributed by atoms with van der Waals surface area (Å²) in [6.45, 7) is 8.27. The molecule has 0 aliphatic rings. The molecule has 8 heteroatoms. The highest BCUT2D eigenvalue weighted by Crippen LogP contribution is 2.19. The fraction of sp³-hybridized carbons (Fsp3) is 0.381. The zero-order chi connectivity index (χ0) is 19.8. The summed E-state index contributed by atoms with van der Waals surface area (Å²) in [6.07, 6.45) is 3.67. The summed E-state index contributed by atoms with van der Waals surface area (Å²) in [5.74, 6) is 1.42. The largest absolute Gasteiger partial charge is 0.444 e. The first-order chi connectivity index (χ1) is 13.6. The van der Waals surface area contributed by atoms with Gasteiger partial charge in [-0.05, 0) is 39.3 Å². The van der Waals surface area contributed by atoms with E-state index in [9.17, 15) is 0 Å². The van der Waals surface area contributed by atoms with E-state index in [0.717, 1.165) is 48.8 Å². The summed E-state index contributed by atoms with van der Waals surface area (Å²) in [6, 6.07) is 8.14. The highest BCUT2D eigenvalue weighted by molar-refractivity contribution is 14.0. The molecular formula is C21H28IN5OS. The molecule has 1 aromatic carbocycles. The van der Waals surface area contributed by atoms with Gasteiger partial charge in [-0.1, -0.05) is 17.7 Å². The van der Waals surface area contributed by atoms with Crippen LogP contribution in [0.1, 0.15) is 35.3 Å². The first-order valence-corrected chi connectivity index (χ1v) is 10.5. The van der Waals surface area contributed by atoms with Gasteiger partial charge in [0.25, 0.3) is 0 Å². The lowest BCUT2D eigenvalue weighted by Crippen LogP contribution is -2.37. The number of aryl methyl sites for hydroxylation is 3. The van der Waals surface area contributed by atoms with E-state index in [2.05, 4.69) is 57.0 Å². The average Bonchev–Trinajstić information content (AvgIpc) is 3.33. The monoisotopic (exact) mass is 525 g/mol. The molecular weight excluding hydrogens is 497 g/mol. The van der Waals surface area contributed by atoms with Crippen molar-refractivity contribution in [3.63, 3.8) is 0 Å². The van der Waals surface area contributed by atoms with E-state index in [-0.39, 0.29) is 24.0 Å². The molecule has 3 rings (SSSR count). The van der Waals surface area contributed by atoms with Gasteiger partial charge in [0.05, 0.1) is 11.6 Å². The Morgan fingerprint density at radius 2 is 1.93 bits per heavy atom. The van der Waals surface area contributed by atoms with E-state index in [4.69, 9.17) is 4.42 Å². The van der Waals surface area contributed by atoms with Crippen LogP contribution in [0.15, 0.2) is 45.3 Å². The molecule has 0 unspecified atom stereocenters. The number of oxazole rings is 1. The standard InChI is InChI=1S/C21H27N5OS.HI/c1-4-22-21(23-11-5-6-19-25-16(3)14-28-19)24-12-18-13-27-20(26-18)17-9-7-15(2)8-10-17;/h7-10,13-14H,4-6,11-12H2,1-3H3,(H2,22,23,24);1H. The lowest BCUT2D eigenvalue weighted by molar-refractivity contribution is 0.572. The number of aromatic nitrogens is 2. The van der Waals surface area contributed by atoms with Crippen molar-refractivity contribution >= 4 is 41.3 Å². The number of nitrogens with one attached hydrogen (secondary N) is 2. The van der Waals surface area contributed by atoms with Crippen LogP contribution in [0.25, 0.3) is 11.5 Å². The zero-order valence-corrected chi connectivity index (χ0v) is 20.2. The second kappa shape index (κ2) is 11.9. The smallest absolute Gasteiger partial charge is 0.226 e. The van der Waals surface area contributed by atoms with Gasteiger partial charge in [0.15, 0.2) is 5.96 Å². The molecule has 0 radical (unpaired) electrons. The molecule has 156 valence electrons. The van der Waals surface area contributed by atoms with Gasteiger partial charge in [-0.3, -0.25) is 0 Å². The Kier molecular flexibility index (Phi) is 9.59. The van der Waals surface area contributed by atoms with Crippen LogP contribution in [0.3, 0.4) is 0 Å². The molecule has 0 saturated carbocycles. The molecule has 0 aliphatic carbocycles. The van der Waals surface area contributed by atoms with Crippen molar-refractivity contribution in [3.8, 4) is 11.5 Å². The van der Waals surface area contributed by atoms with Crippen LogP contribution in [-0.2, 0) is 13.0 Å². The maximum absolute atomic E-state index is 5.61. The van der Waals surface area contributed by atoms with Crippen LogP contribution < -0.4 is 10.6 Å². The van der Waals surface area contributed by atoms with E-state index in [1.54, 1.807) is 17.6 Å². The molecule has 0 spiro atoms. The Bertz CT molecular complexity index is 904. The molecule has 0 atom stereocenters. The minimum Gasteiger partial charge on any atom is -0.444 e. The highest BCUT2D eigenvalue weighted by atomic mass is 127. The SMILES string of the molecule is CCNC(=NCc1coc(-c2ccc(C)cc2)n1)NCCCc1nc(C)cs1.I. The number of hydrogen-bond donors (Lipinski definition) is 2. The Balaban J connectivity index is 0.00000300. The number of benzene rings is 1. The molecule has 0 saturated heterocycles. The summed E-state index contributed by atoms with van der Waals surface area (Å²) >= 11 is 1.72. The number of nitrogens with zero attached hydrogens (tertiary/aromatic N) is 3. The summed E-state index contributed by atoms with van der Waals surface area (Å²) in [5.41, 5.74) is 4.10. The molecule has 0 aliphatic heterocycles. The van der Waals surface area contributed by atoms with Crippen LogP contribution in [0.5, 0.6) is 0 Å².